The Bertz CT molecular complexity index is 1350. The van der Waals surface area contributed by atoms with Crippen molar-refractivity contribution in [1.82, 2.24) is 39.7 Å². The van der Waals surface area contributed by atoms with Crippen molar-refractivity contribution in [3.05, 3.63) is 53.7 Å². The van der Waals surface area contributed by atoms with Crippen LogP contribution >= 0.6 is 0 Å². The smallest absolute Gasteiger partial charge is 0.230 e. The SMILES string of the molecule is Cc1nc2c(F)cc(-c3nc(Nc4ncc(CN5CCNCC5)cn4)ncc3F)cc2n1C(C)C. The quantitative estimate of drug-likeness (QED) is 0.433. The molecule has 0 amide bonds. The van der Waals surface area contributed by atoms with Crippen LogP contribution in [0.2, 0.25) is 0 Å². The topological polar surface area (TPSA) is 96.7 Å². The number of imidazole rings is 1. The molecule has 0 radical (unpaired) electrons. The van der Waals surface area contributed by atoms with E-state index < -0.39 is 11.6 Å². The van der Waals surface area contributed by atoms with Crippen LogP contribution in [-0.2, 0) is 6.54 Å². The minimum Gasteiger partial charge on any atom is -0.326 e. The van der Waals surface area contributed by atoms with Gasteiger partial charge in [-0.3, -0.25) is 10.2 Å². The molecule has 9 nitrogen and oxygen atoms in total. The molecule has 0 bridgehead atoms. The summed E-state index contributed by atoms with van der Waals surface area (Å²) in [5.74, 6) is -0.0916. The first kappa shape index (κ1) is 23.2. The molecule has 4 heterocycles. The van der Waals surface area contributed by atoms with Crippen molar-refractivity contribution < 1.29 is 8.78 Å². The van der Waals surface area contributed by atoms with Crippen LogP contribution in [0.1, 0.15) is 31.3 Å². The average Bonchev–Trinajstić information content (AvgIpc) is 3.19. The number of hydrogen-bond donors (Lipinski definition) is 2. The number of rotatable bonds is 6. The number of anilines is 2. The lowest BCUT2D eigenvalue weighted by atomic mass is 10.1. The number of nitrogens with zero attached hydrogens (tertiary/aromatic N) is 7. The van der Waals surface area contributed by atoms with Crippen molar-refractivity contribution in [2.45, 2.75) is 33.4 Å². The van der Waals surface area contributed by atoms with Crippen LogP contribution in [0.3, 0.4) is 0 Å². The van der Waals surface area contributed by atoms with Gasteiger partial charge < -0.3 is 9.88 Å². The highest BCUT2D eigenvalue weighted by molar-refractivity contribution is 5.83. The van der Waals surface area contributed by atoms with Crippen LogP contribution < -0.4 is 10.6 Å². The molecule has 0 aliphatic carbocycles. The maximum absolute atomic E-state index is 14.9. The van der Waals surface area contributed by atoms with Crippen LogP contribution in [0.25, 0.3) is 22.3 Å². The fraction of sp³-hybridized carbons (Fsp3) is 0.375. The van der Waals surface area contributed by atoms with E-state index in [1.165, 1.54) is 6.07 Å². The van der Waals surface area contributed by atoms with E-state index in [-0.39, 0.29) is 23.2 Å². The number of hydrogen-bond acceptors (Lipinski definition) is 8. The van der Waals surface area contributed by atoms with Crippen LogP contribution in [0, 0.1) is 18.6 Å². The highest BCUT2D eigenvalue weighted by Gasteiger charge is 2.18. The number of aromatic nitrogens is 6. The molecular formula is C24H27F2N9. The van der Waals surface area contributed by atoms with E-state index in [1.54, 1.807) is 18.5 Å². The van der Waals surface area contributed by atoms with Gasteiger partial charge in [0.2, 0.25) is 11.9 Å². The molecule has 11 heteroatoms. The number of halogens is 2. The van der Waals surface area contributed by atoms with Gasteiger partial charge in [-0.1, -0.05) is 0 Å². The third kappa shape index (κ3) is 4.82. The lowest BCUT2D eigenvalue weighted by Crippen LogP contribution is -2.42. The molecule has 3 aromatic heterocycles. The predicted octanol–water partition coefficient (Wildman–Crippen LogP) is 3.60. The highest BCUT2D eigenvalue weighted by atomic mass is 19.1. The summed E-state index contributed by atoms with van der Waals surface area (Å²) < 4.78 is 31.5. The summed E-state index contributed by atoms with van der Waals surface area (Å²) in [6.45, 7) is 10.5. The molecule has 35 heavy (non-hydrogen) atoms. The minimum atomic E-state index is -0.658. The van der Waals surface area contributed by atoms with Gasteiger partial charge in [0, 0.05) is 62.3 Å². The molecule has 1 aromatic carbocycles. The Balaban J connectivity index is 1.40. The standard InChI is InChI=1S/C24H27F2N9/c1-14(2)35-15(3)31-22-18(25)8-17(9-20(22)35)21-19(26)12-30-24(32-21)33-23-28-10-16(11-29-23)13-34-6-4-27-5-7-34/h8-12,14,27H,4-7,13H2,1-3H3,(H,28,29,30,32,33). The van der Waals surface area contributed by atoms with Crippen molar-refractivity contribution in [2.24, 2.45) is 0 Å². The van der Waals surface area contributed by atoms with Gasteiger partial charge in [-0.25, -0.2) is 33.7 Å². The molecule has 0 saturated carbocycles. The van der Waals surface area contributed by atoms with Gasteiger partial charge in [-0.05, 0) is 32.9 Å². The van der Waals surface area contributed by atoms with Crippen LogP contribution in [-0.4, -0.2) is 60.6 Å². The first-order chi connectivity index (χ1) is 16.9. The Morgan fingerprint density at radius 2 is 1.69 bits per heavy atom. The summed E-state index contributed by atoms with van der Waals surface area (Å²) in [6.07, 6.45) is 4.55. The molecule has 0 spiro atoms. The highest BCUT2D eigenvalue weighted by Crippen LogP contribution is 2.30. The number of aryl methyl sites for hydroxylation is 1. The molecule has 5 rings (SSSR count). The van der Waals surface area contributed by atoms with E-state index in [4.69, 9.17) is 0 Å². The molecule has 2 N–H and O–H groups in total. The molecule has 1 aliphatic heterocycles. The second kappa shape index (κ2) is 9.59. The first-order valence-electron chi connectivity index (χ1n) is 11.6. The van der Waals surface area contributed by atoms with Crippen molar-refractivity contribution in [3.63, 3.8) is 0 Å². The Labute approximate surface area is 201 Å². The molecule has 4 aromatic rings. The van der Waals surface area contributed by atoms with E-state index in [1.807, 2.05) is 25.3 Å². The molecule has 1 fully saturated rings. The molecule has 0 atom stereocenters. The zero-order chi connectivity index (χ0) is 24.5. The van der Waals surface area contributed by atoms with Crippen molar-refractivity contribution in [1.29, 1.82) is 0 Å². The Kier molecular flexibility index (Phi) is 6.35. The van der Waals surface area contributed by atoms with Crippen molar-refractivity contribution >= 4 is 22.9 Å². The van der Waals surface area contributed by atoms with Gasteiger partial charge >= 0.3 is 0 Å². The number of nitrogens with one attached hydrogen (secondary N) is 2. The van der Waals surface area contributed by atoms with Crippen LogP contribution in [0.15, 0.2) is 30.7 Å². The van der Waals surface area contributed by atoms with E-state index in [9.17, 15) is 8.78 Å². The lowest BCUT2D eigenvalue weighted by Gasteiger charge is -2.26. The zero-order valence-corrected chi connectivity index (χ0v) is 19.9. The van der Waals surface area contributed by atoms with Gasteiger partial charge in [0.25, 0.3) is 0 Å². The maximum atomic E-state index is 14.9. The predicted molar refractivity (Wildman–Crippen MR) is 129 cm³/mol. The summed E-state index contributed by atoms with van der Waals surface area (Å²) in [5.41, 5.74) is 2.12. The first-order valence-corrected chi connectivity index (χ1v) is 11.6. The largest absolute Gasteiger partial charge is 0.326 e. The fourth-order valence-corrected chi connectivity index (χ4v) is 4.42. The van der Waals surface area contributed by atoms with Crippen molar-refractivity contribution in [2.75, 3.05) is 31.5 Å². The van der Waals surface area contributed by atoms with Crippen molar-refractivity contribution in [3.8, 4) is 11.3 Å². The van der Waals surface area contributed by atoms with Crippen LogP contribution in [0.5, 0.6) is 0 Å². The number of piperazine rings is 1. The summed E-state index contributed by atoms with van der Waals surface area (Å²) >= 11 is 0. The van der Waals surface area contributed by atoms with E-state index in [0.29, 0.717) is 22.9 Å². The summed E-state index contributed by atoms with van der Waals surface area (Å²) in [4.78, 5) is 23.7. The monoisotopic (exact) mass is 479 g/mol. The maximum Gasteiger partial charge on any atom is 0.230 e. The van der Waals surface area contributed by atoms with Crippen LogP contribution in [0.4, 0.5) is 20.7 Å². The second-order valence-corrected chi connectivity index (χ2v) is 8.90. The average molecular weight is 480 g/mol. The van der Waals surface area contributed by atoms with E-state index in [0.717, 1.165) is 44.5 Å². The van der Waals surface area contributed by atoms with E-state index >= 15 is 0 Å². The fourth-order valence-electron chi connectivity index (χ4n) is 4.42. The minimum absolute atomic E-state index is 0.0206. The third-order valence-electron chi connectivity index (χ3n) is 6.00. The zero-order valence-electron chi connectivity index (χ0n) is 19.9. The molecular weight excluding hydrogens is 452 g/mol. The molecule has 0 unspecified atom stereocenters. The lowest BCUT2D eigenvalue weighted by molar-refractivity contribution is 0.233. The summed E-state index contributed by atoms with van der Waals surface area (Å²) in [5, 5.41) is 6.24. The number of fused-ring (bicyclic) bond motifs is 1. The van der Waals surface area contributed by atoms with Gasteiger partial charge in [-0.15, -0.1) is 0 Å². The van der Waals surface area contributed by atoms with Gasteiger partial charge in [0.1, 0.15) is 17.0 Å². The summed E-state index contributed by atoms with van der Waals surface area (Å²) in [7, 11) is 0. The van der Waals surface area contributed by atoms with Gasteiger partial charge in [0.15, 0.2) is 11.6 Å². The van der Waals surface area contributed by atoms with E-state index in [2.05, 4.69) is 40.5 Å². The Morgan fingerprint density at radius 1 is 0.971 bits per heavy atom. The van der Waals surface area contributed by atoms with Gasteiger partial charge in [-0.2, -0.15) is 0 Å². The molecule has 182 valence electrons. The normalized spacial score (nSPS) is 14.7. The summed E-state index contributed by atoms with van der Waals surface area (Å²) in [6, 6.07) is 3.01. The Morgan fingerprint density at radius 3 is 2.40 bits per heavy atom. The number of benzene rings is 1. The van der Waals surface area contributed by atoms with Gasteiger partial charge in [0.05, 0.1) is 11.7 Å². The second-order valence-electron chi connectivity index (χ2n) is 8.90. The third-order valence-corrected chi connectivity index (χ3v) is 6.00. The molecule has 1 aliphatic rings. The Hall–Kier alpha value is -3.57. The molecule has 1 saturated heterocycles.